The number of anilines is 1. The lowest BCUT2D eigenvalue weighted by atomic mass is 10.1. The molecule has 0 unspecified atom stereocenters. The van der Waals surface area contributed by atoms with Crippen LogP contribution >= 0.6 is 0 Å². The number of nitrogens with zero attached hydrogens (tertiary/aromatic N) is 1. The molecule has 0 saturated carbocycles. The summed E-state index contributed by atoms with van der Waals surface area (Å²) in [5.74, 6) is 0. The van der Waals surface area contributed by atoms with Crippen LogP contribution in [-0.2, 0) is 17.9 Å². The smallest absolute Gasteiger partial charge is 0.0713 e. The molecule has 0 saturated heterocycles. The minimum Gasteiger partial charge on any atom is -0.381 e. The van der Waals surface area contributed by atoms with Gasteiger partial charge >= 0.3 is 0 Å². The van der Waals surface area contributed by atoms with Crippen molar-refractivity contribution in [3.8, 4) is 0 Å². The Kier molecular flexibility index (Phi) is 4.31. The summed E-state index contributed by atoms with van der Waals surface area (Å²) in [5.41, 5.74) is 4.75. The van der Waals surface area contributed by atoms with Crippen LogP contribution in [0.3, 0.4) is 0 Å². The first-order chi connectivity index (χ1) is 8.79. The molecule has 0 amide bonds. The molecule has 3 heteroatoms. The minimum absolute atomic E-state index is 0.640. The summed E-state index contributed by atoms with van der Waals surface area (Å²) in [4.78, 5) is 4.14. The van der Waals surface area contributed by atoms with Crippen LogP contribution in [0.25, 0.3) is 0 Å². The van der Waals surface area contributed by atoms with Gasteiger partial charge in [-0.3, -0.25) is 4.98 Å². The zero-order valence-electron chi connectivity index (χ0n) is 10.8. The van der Waals surface area contributed by atoms with Gasteiger partial charge in [0.1, 0.15) is 0 Å². The van der Waals surface area contributed by atoms with Crippen molar-refractivity contribution in [1.82, 2.24) is 4.98 Å². The van der Waals surface area contributed by atoms with Crippen LogP contribution < -0.4 is 5.32 Å². The molecule has 1 N–H and O–H groups in total. The first kappa shape index (κ1) is 12.6. The predicted molar refractivity (Wildman–Crippen MR) is 73.5 cm³/mol. The molecule has 0 radical (unpaired) electrons. The maximum atomic E-state index is 5.13. The van der Waals surface area contributed by atoms with E-state index in [0.29, 0.717) is 6.61 Å². The van der Waals surface area contributed by atoms with E-state index < -0.39 is 0 Å². The van der Waals surface area contributed by atoms with Crippen LogP contribution in [-0.4, -0.2) is 12.1 Å². The third-order valence-corrected chi connectivity index (χ3v) is 2.87. The van der Waals surface area contributed by atoms with Crippen molar-refractivity contribution in [3.05, 3.63) is 59.4 Å². The van der Waals surface area contributed by atoms with Gasteiger partial charge in [-0.05, 0) is 41.8 Å². The maximum absolute atomic E-state index is 5.13. The average Bonchev–Trinajstić information content (AvgIpc) is 2.39. The lowest BCUT2D eigenvalue weighted by Crippen LogP contribution is -2.02. The second-order valence-corrected chi connectivity index (χ2v) is 4.29. The molecule has 3 nitrogen and oxygen atoms in total. The van der Waals surface area contributed by atoms with E-state index in [0.717, 1.165) is 12.2 Å². The summed E-state index contributed by atoms with van der Waals surface area (Å²) < 4.78 is 5.13. The van der Waals surface area contributed by atoms with Crippen molar-refractivity contribution < 1.29 is 4.74 Å². The number of hydrogen-bond donors (Lipinski definition) is 1. The predicted octanol–water partition coefficient (Wildman–Crippen LogP) is 3.15. The van der Waals surface area contributed by atoms with Crippen molar-refractivity contribution in [2.45, 2.75) is 20.1 Å². The van der Waals surface area contributed by atoms with Crippen molar-refractivity contribution in [1.29, 1.82) is 0 Å². The number of nitrogens with one attached hydrogen (secondary N) is 1. The van der Waals surface area contributed by atoms with Crippen molar-refractivity contribution >= 4 is 5.69 Å². The largest absolute Gasteiger partial charge is 0.381 e. The second kappa shape index (κ2) is 6.17. The van der Waals surface area contributed by atoms with Gasteiger partial charge in [-0.1, -0.05) is 12.1 Å². The summed E-state index contributed by atoms with van der Waals surface area (Å²) in [6, 6.07) is 10.3. The topological polar surface area (TPSA) is 34.1 Å². The second-order valence-electron chi connectivity index (χ2n) is 4.29. The highest BCUT2D eigenvalue weighted by molar-refractivity contribution is 5.46. The van der Waals surface area contributed by atoms with Crippen LogP contribution in [0.4, 0.5) is 5.69 Å². The first-order valence-corrected chi connectivity index (χ1v) is 6.01. The fourth-order valence-electron chi connectivity index (χ4n) is 1.82. The number of ether oxygens (including phenoxy) is 1. The molecule has 0 aliphatic heterocycles. The highest BCUT2D eigenvalue weighted by Gasteiger charge is 1.99. The number of pyridine rings is 1. The van der Waals surface area contributed by atoms with Gasteiger partial charge in [0, 0.05) is 31.7 Å². The quantitative estimate of drug-likeness (QED) is 0.874. The molecule has 94 valence electrons. The third kappa shape index (κ3) is 3.31. The monoisotopic (exact) mass is 242 g/mol. The van der Waals surface area contributed by atoms with Gasteiger partial charge in [-0.15, -0.1) is 0 Å². The fraction of sp³-hybridized carbons (Fsp3) is 0.267. The van der Waals surface area contributed by atoms with Gasteiger partial charge in [0.25, 0.3) is 0 Å². The van der Waals surface area contributed by atoms with Crippen molar-refractivity contribution in [3.63, 3.8) is 0 Å². The van der Waals surface area contributed by atoms with Crippen LogP contribution in [0.2, 0.25) is 0 Å². The van der Waals surface area contributed by atoms with E-state index in [-0.39, 0.29) is 0 Å². The normalized spacial score (nSPS) is 10.3. The molecule has 0 bridgehead atoms. The van der Waals surface area contributed by atoms with E-state index in [4.69, 9.17) is 4.74 Å². The van der Waals surface area contributed by atoms with E-state index >= 15 is 0 Å². The lowest BCUT2D eigenvalue weighted by Gasteiger charge is -2.09. The molecule has 1 aromatic carbocycles. The molecular weight excluding hydrogens is 224 g/mol. The number of rotatable bonds is 5. The SMILES string of the molecule is COCc1cccc(NCc2cnccc2C)c1. The Labute approximate surface area is 108 Å². The van der Waals surface area contributed by atoms with E-state index in [1.54, 1.807) is 7.11 Å². The Morgan fingerprint density at radius 1 is 1.28 bits per heavy atom. The van der Waals surface area contributed by atoms with E-state index in [2.05, 4.69) is 35.4 Å². The number of methoxy groups -OCH3 is 1. The lowest BCUT2D eigenvalue weighted by molar-refractivity contribution is 0.185. The van der Waals surface area contributed by atoms with E-state index in [1.165, 1.54) is 16.7 Å². The minimum atomic E-state index is 0.640. The van der Waals surface area contributed by atoms with Gasteiger partial charge in [0.15, 0.2) is 0 Å². The molecule has 0 atom stereocenters. The molecule has 1 aromatic heterocycles. The number of aryl methyl sites for hydroxylation is 1. The molecular formula is C15H18N2O. The summed E-state index contributed by atoms with van der Waals surface area (Å²) >= 11 is 0. The summed E-state index contributed by atoms with van der Waals surface area (Å²) in [7, 11) is 1.71. The molecule has 2 rings (SSSR count). The Bertz CT molecular complexity index is 511. The number of benzene rings is 1. The number of hydrogen-bond acceptors (Lipinski definition) is 3. The molecule has 0 fully saturated rings. The highest BCUT2D eigenvalue weighted by atomic mass is 16.5. The standard InChI is InChI=1S/C15H18N2O/c1-12-6-7-16-9-14(12)10-17-15-5-3-4-13(8-15)11-18-2/h3-9,17H,10-11H2,1-2H3. The zero-order valence-corrected chi connectivity index (χ0v) is 10.8. The summed E-state index contributed by atoms with van der Waals surface area (Å²) in [6.07, 6.45) is 3.72. The van der Waals surface area contributed by atoms with Gasteiger partial charge in [-0.2, -0.15) is 0 Å². The molecule has 18 heavy (non-hydrogen) atoms. The Balaban J connectivity index is 2.02. The summed E-state index contributed by atoms with van der Waals surface area (Å²) in [6.45, 7) is 3.53. The molecule has 0 spiro atoms. The maximum Gasteiger partial charge on any atom is 0.0713 e. The van der Waals surface area contributed by atoms with Gasteiger partial charge < -0.3 is 10.1 Å². The number of aromatic nitrogens is 1. The first-order valence-electron chi connectivity index (χ1n) is 6.01. The van der Waals surface area contributed by atoms with Crippen molar-refractivity contribution in [2.24, 2.45) is 0 Å². The molecule has 0 aliphatic carbocycles. The average molecular weight is 242 g/mol. The van der Waals surface area contributed by atoms with Gasteiger partial charge in [0.05, 0.1) is 6.61 Å². The Morgan fingerprint density at radius 3 is 2.94 bits per heavy atom. The molecule has 2 aromatic rings. The molecule has 0 aliphatic rings. The van der Waals surface area contributed by atoms with Crippen molar-refractivity contribution in [2.75, 3.05) is 12.4 Å². The van der Waals surface area contributed by atoms with E-state index in [1.807, 2.05) is 24.5 Å². The van der Waals surface area contributed by atoms with Crippen LogP contribution in [0.1, 0.15) is 16.7 Å². The Morgan fingerprint density at radius 2 is 2.17 bits per heavy atom. The van der Waals surface area contributed by atoms with Crippen LogP contribution in [0.5, 0.6) is 0 Å². The van der Waals surface area contributed by atoms with Crippen LogP contribution in [0, 0.1) is 6.92 Å². The highest BCUT2D eigenvalue weighted by Crippen LogP contribution is 2.13. The van der Waals surface area contributed by atoms with Crippen LogP contribution in [0.15, 0.2) is 42.7 Å². The molecule has 1 heterocycles. The fourth-order valence-corrected chi connectivity index (χ4v) is 1.82. The third-order valence-electron chi connectivity index (χ3n) is 2.87. The van der Waals surface area contributed by atoms with Gasteiger partial charge in [0.2, 0.25) is 0 Å². The summed E-state index contributed by atoms with van der Waals surface area (Å²) in [5, 5.41) is 3.41. The Hall–Kier alpha value is -1.87. The zero-order chi connectivity index (χ0) is 12.8. The van der Waals surface area contributed by atoms with Gasteiger partial charge in [-0.25, -0.2) is 0 Å². The van der Waals surface area contributed by atoms with E-state index in [9.17, 15) is 0 Å².